The minimum Gasteiger partial charge on any atom is -0.490 e. The van der Waals surface area contributed by atoms with Gasteiger partial charge in [0.25, 0.3) is 0 Å². The van der Waals surface area contributed by atoms with E-state index in [1.807, 2.05) is 20.8 Å². The molecule has 11 heteroatoms. The van der Waals surface area contributed by atoms with Crippen LogP contribution in [0.15, 0.2) is 73.1 Å². The summed E-state index contributed by atoms with van der Waals surface area (Å²) in [6, 6.07) is 15.5. The summed E-state index contributed by atoms with van der Waals surface area (Å²) in [5.41, 5.74) is 1.06. The predicted octanol–water partition coefficient (Wildman–Crippen LogP) is 7.37. The molecule has 3 aromatic carbocycles. The van der Waals surface area contributed by atoms with Gasteiger partial charge in [-0.3, -0.25) is 14.9 Å². The number of anilines is 2. The zero-order chi connectivity index (χ0) is 34.9. The van der Waals surface area contributed by atoms with Crippen molar-refractivity contribution < 1.29 is 33.0 Å². The monoisotopic (exact) mass is 654 g/mol. The summed E-state index contributed by atoms with van der Waals surface area (Å²) in [5, 5.41) is 5.41. The van der Waals surface area contributed by atoms with Gasteiger partial charge in [-0.1, -0.05) is 30.0 Å². The van der Waals surface area contributed by atoms with Gasteiger partial charge in [0.2, 0.25) is 5.91 Å². The zero-order valence-corrected chi connectivity index (χ0v) is 27.8. The van der Waals surface area contributed by atoms with Crippen molar-refractivity contribution in [3.63, 3.8) is 0 Å². The summed E-state index contributed by atoms with van der Waals surface area (Å²) >= 11 is 0. The number of ketones is 1. The first kappa shape index (κ1) is 35.4. The number of rotatable bonds is 10. The molecule has 10 nitrogen and oxygen atoms in total. The van der Waals surface area contributed by atoms with Crippen molar-refractivity contribution in [3.8, 4) is 29.0 Å². The van der Waals surface area contributed by atoms with E-state index in [1.165, 1.54) is 36.4 Å². The normalized spacial score (nSPS) is 11.2. The lowest BCUT2D eigenvalue weighted by molar-refractivity contribution is -0.115. The maximum atomic E-state index is 13.5. The van der Waals surface area contributed by atoms with Gasteiger partial charge in [0.1, 0.15) is 29.6 Å². The lowest BCUT2D eigenvalue weighted by Gasteiger charge is -2.22. The highest BCUT2D eigenvalue weighted by atomic mass is 19.1. The molecule has 4 rings (SSSR count). The van der Waals surface area contributed by atoms with Gasteiger partial charge in [-0.2, -0.15) is 0 Å². The number of aromatic nitrogens is 2. The third-order valence-electron chi connectivity index (χ3n) is 6.37. The topological polar surface area (TPSA) is 132 Å². The first-order chi connectivity index (χ1) is 22.6. The Morgan fingerprint density at radius 2 is 1.60 bits per heavy atom. The standard InChI is InChI=1S/C37H39FN4O6/c1-36(2,3)47-19-18-46-32-22-30(42-35(45)48-37(4,5)6)29(21-26(32)13-10-24-11-14-28(38)15-12-24)41-33(44)23-31(43)25-8-7-9-27(20-25)34-39-16-17-40-34/h7-9,11-12,14-17,20-22H,18-19,23H2,1-6H3,(H,39,40)(H,41,44)(H,42,45). The number of H-pyrrole nitrogens is 1. The van der Waals surface area contributed by atoms with Gasteiger partial charge in [0.15, 0.2) is 5.78 Å². The molecule has 0 radical (unpaired) electrons. The van der Waals surface area contributed by atoms with Gasteiger partial charge in [-0.05, 0) is 77.9 Å². The minimum absolute atomic E-state index is 0.156. The van der Waals surface area contributed by atoms with Crippen LogP contribution in [-0.4, -0.2) is 52.2 Å². The average molecular weight is 655 g/mol. The molecule has 2 amide bonds. The van der Waals surface area contributed by atoms with Crippen LogP contribution in [0.2, 0.25) is 0 Å². The number of imidazole rings is 1. The molecular weight excluding hydrogens is 615 g/mol. The number of carbonyl (C=O) groups excluding carboxylic acids is 3. The molecule has 0 aliphatic carbocycles. The molecule has 48 heavy (non-hydrogen) atoms. The Morgan fingerprint density at radius 1 is 0.875 bits per heavy atom. The van der Waals surface area contributed by atoms with Crippen molar-refractivity contribution in [1.82, 2.24) is 9.97 Å². The van der Waals surface area contributed by atoms with Gasteiger partial charge < -0.3 is 24.5 Å². The van der Waals surface area contributed by atoms with E-state index < -0.39 is 35.6 Å². The van der Waals surface area contributed by atoms with Crippen molar-refractivity contribution in [3.05, 3.63) is 95.6 Å². The maximum Gasteiger partial charge on any atom is 0.412 e. The Bertz CT molecular complexity index is 1810. The molecule has 0 fully saturated rings. The highest BCUT2D eigenvalue weighted by molar-refractivity contribution is 6.12. The molecule has 0 atom stereocenters. The van der Waals surface area contributed by atoms with Crippen LogP contribution in [-0.2, 0) is 14.3 Å². The largest absolute Gasteiger partial charge is 0.490 e. The molecule has 0 aliphatic rings. The molecule has 4 aromatic rings. The third-order valence-corrected chi connectivity index (χ3v) is 6.37. The summed E-state index contributed by atoms with van der Waals surface area (Å²) in [6.45, 7) is 11.4. The fraction of sp³-hybridized carbons (Fsp3) is 0.297. The molecule has 250 valence electrons. The maximum absolute atomic E-state index is 13.5. The van der Waals surface area contributed by atoms with Crippen LogP contribution < -0.4 is 15.4 Å². The summed E-state index contributed by atoms with van der Waals surface area (Å²) in [5.74, 6) is 5.43. The number of ether oxygens (including phenoxy) is 3. The average Bonchev–Trinajstić information content (AvgIpc) is 3.54. The van der Waals surface area contributed by atoms with Crippen molar-refractivity contribution in [1.29, 1.82) is 0 Å². The molecular formula is C37H39FN4O6. The number of hydrogen-bond acceptors (Lipinski definition) is 7. The molecule has 0 aliphatic heterocycles. The van der Waals surface area contributed by atoms with Crippen LogP contribution >= 0.6 is 0 Å². The van der Waals surface area contributed by atoms with Crippen LogP contribution in [0.3, 0.4) is 0 Å². The first-order valence-electron chi connectivity index (χ1n) is 15.3. The van der Waals surface area contributed by atoms with E-state index in [-0.39, 0.29) is 35.9 Å². The number of carbonyl (C=O) groups is 3. The number of amides is 2. The molecule has 1 aromatic heterocycles. The van der Waals surface area contributed by atoms with Crippen LogP contribution in [0.25, 0.3) is 11.4 Å². The smallest absolute Gasteiger partial charge is 0.412 e. The Balaban J connectivity index is 1.65. The van der Waals surface area contributed by atoms with E-state index in [9.17, 15) is 18.8 Å². The van der Waals surface area contributed by atoms with Crippen molar-refractivity contribution in [2.75, 3.05) is 23.8 Å². The number of aromatic amines is 1. The van der Waals surface area contributed by atoms with E-state index >= 15 is 0 Å². The van der Waals surface area contributed by atoms with Crippen LogP contribution in [0, 0.1) is 17.7 Å². The molecule has 1 heterocycles. The van der Waals surface area contributed by atoms with E-state index in [0.29, 0.717) is 28.1 Å². The number of Topliss-reactive ketones (excluding diaryl/α,β-unsaturated/α-hetero) is 1. The van der Waals surface area contributed by atoms with Crippen LogP contribution in [0.1, 0.15) is 69.4 Å². The van der Waals surface area contributed by atoms with E-state index in [4.69, 9.17) is 14.2 Å². The third kappa shape index (κ3) is 11.1. The van der Waals surface area contributed by atoms with Gasteiger partial charge in [0, 0.05) is 35.2 Å². The van der Waals surface area contributed by atoms with Crippen LogP contribution in [0.4, 0.5) is 20.6 Å². The molecule has 0 spiro atoms. The molecule has 0 saturated carbocycles. The van der Waals surface area contributed by atoms with E-state index in [0.717, 1.165) is 0 Å². The highest BCUT2D eigenvalue weighted by Gasteiger charge is 2.21. The summed E-state index contributed by atoms with van der Waals surface area (Å²) in [6.07, 6.45) is 2.03. The molecule has 0 saturated heterocycles. The fourth-order valence-electron chi connectivity index (χ4n) is 4.29. The number of hydrogen-bond donors (Lipinski definition) is 3. The molecule has 0 unspecified atom stereocenters. The fourth-order valence-corrected chi connectivity index (χ4v) is 4.29. The summed E-state index contributed by atoms with van der Waals surface area (Å²) in [7, 11) is 0. The second-order valence-electron chi connectivity index (χ2n) is 12.8. The molecule has 0 bridgehead atoms. The summed E-state index contributed by atoms with van der Waals surface area (Å²) < 4.78 is 30.7. The zero-order valence-electron chi connectivity index (χ0n) is 27.8. The predicted molar refractivity (Wildman–Crippen MR) is 181 cm³/mol. The van der Waals surface area contributed by atoms with Crippen molar-refractivity contribution in [2.24, 2.45) is 0 Å². The Morgan fingerprint density at radius 3 is 2.27 bits per heavy atom. The number of nitrogens with one attached hydrogen (secondary N) is 3. The number of benzene rings is 3. The van der Waals surface area contributed by atoms with E-state index in [1.54, 1.807) is 57.4 Å². The first-order valence-corrected chi connectivity index (χ1v) is 15.3. The molecule has 3 N–H and O–H groups in total. The Hall–Kier alpha value is -5.47. The number of nitrogens with zero attached hydrogens (tertiary/aromatic N) is 1. The number of halogens is 1. The SMILES string of the molecule is CC(C)(C)OCCOc1cc(NC(=O)OC(C)(C)C)c(NC(=O)CC(=O)c2cccc(-c3ncc[nH]3)c2)cc1C#Cc1ccc(F)cc1. The Labute approximate surface area is 279 Å². The van der Waals surface area contributed by atoms with Gasteiger partial charge in [0.05, 0.1) is 35.6 Å². The lowest BCUT2D eigenvalue weighted by Crippen LogP contribution is -2.28. The van der Waals surface area contributed by atoms with E-state index in [2.05, 4.69) is 32.4 Å². The second-order valence-corrected chi connectivity index (χ2v) is 12.8. The Kier molecular flexibility index (Phi) is 11.4. The lowest BCUT2D eigenvalue weighted by atomic mass is 10.0. The second kappa shape index (κ2) is 15.4. The van der Waals surface area contributed by atoms with Gasteiger partial charge >= 0.3 is 6.09 Å². The summed E-state index contributed by atoms with van der Waals surface area (Å²) in [4.78, 5) is 46.5. The van der Waals surface area contributed by atoms with Crippen molar-refractivity contribution in [2.45, 2.75) is 59.2 Å². The van der Waals surface area contributed by atoms with Gasteiger partial charge in [-0.15, -0.1) is 0 Å². The minimum atomic E-state index is -0.797. The van der Waals surface area contributed by atoms with Crippen molar-refractivity contribution >= 4 is 29.2 Å². The quantitative estimate of drug-likeness (QED) is 0.0704. The van der Waals surface area contributed by atoms with Crippen LogP contribution in [0.5, 0.6) is 5.75 Å². The van der Waals surface area contributed by atoms with Gasteiger partial charge in [-0.25, -0.2) is 14.2 Å². The highest BCUT2D eigenvalue weighted by Crippen LogP contribution is 2.32.